The van der Waals surface area contributed by atoms with Gasteiger partial charge in [0.15, 0.2) is 0 Å². The quantitative estimate of drug-likeness (QED) is 0.825. The van der Waals surface area contributed by atoms with Crippen LogP contribution in [0.15, 0.2) is 42.6 Å². The fourth-order valence-corrected chi connectivity index (χ4v) is 3.13. The van der Waals surface area contributed by atoms with Crippen molar-refractivity contribution in [2.45, 2.75) is 19.4 Å². The van der Waals surface area contributed by atoms with Crippen molar-refractivity contribution < 1.29 is 0 Å². The van der Waals surface area contributed by atoms with Gasteiger partial charge in [0.1, 0.15) is 0 Å². The molecule has 22 heavy (non-hydrogen) atoms. The Balaban J connectivity index is 0.00000121. The first-order valence-electron chi connectivity index (χ1n) is 7.41. The predicted octanol–water partition coefficient (Wildman–Crippen LogP) is 3.92. The SMILES string of the molecule is C=C(C)C[C@H](c1c[nH]c2ccccc12)N1CCNCC1.Cl.Cl. The zero-order valence-electron chi connectivity index (χ0n) is 13.0. The van der Waals surface area contributed by atoms with Gasteiger partial charge in [-0.2, -0.15) is 0 Å². The number of aromatic nitrogens is 1. The Bertz CT molecular complexity index is 603. The fraction of sp³-hybridized carbons (Fsp3) is 0.412. The van der Waals surface area contributed by atoms with Gasteiger partial charge in [0.2, 0.25) is 0 Å². The summed E-state index contributed by atoms with van der Waals surface area (Å²) in [5, 5.41) is 4.78. The number of nitrogens with one attached hydrogen (secondary N) is 2. The van der Waals surface area contributed by atoms with Crippen molar-refractivity contribution >= 4 is 35.7 Å². The number of benzene rings is 1. The van der Waals surface area contributed by atoms with E-state index >= 15 is 0 Å². The van der Waals surface area contributed by atoms with Gasteiger partial charge < -0.3 is 10.3 Å². The lowest BCUT2D eigenvalue weighted by Crippen LogP contribution is -2.45. The fourth-order valence-electron chi connectivity index (χ4n) is 3.13. The summed E-state index contributed by atoms with van der Waals surface area (Å²) in [6, 6.07) is 9.00. The highest BCUT2D eigenvalue weighted by Gasteiger charge is 2.24. The van der Waals surface area contributed by atoms with E-state index in [9.17, 15) is 0 Å². The third-order valence-electron chi connectivity index (χ3n) is 4.11. The summed E-state index contributed by atoms with van der Waals surface area (Å²) >= 11 is 0. The number of fused-ring (bicyclic) bond motifs is 1. The standard InChI is InChI=1S/C17H23N3.2ClH/c1-13(2)11-17(20-9-7-18-8-10-20)15-12-19-16-6-4-3-5-14(15)16;;/h3-6,12,17-19H,1,7-11H2,2H3;2*1H/t17-;;/m1../s1. The summed E-state index contributed by atoms with van der Waals surface area (Å²) in [4.78, 5) is 5.99. The number of piperazine rings is 1. The maximum absolute atomic E-state index is 4.13. The van der Waals surface area contributed by atoms with Crippen LogP contribution in [0.4, 0.5) is 0 Å². The van der Waals surface area contributed by atoms with E-state index in [0.29, 0.717) is 6.04 Å². The maximum Gasteiger partial charge on any atom is 0.0457 e. The number of rotatable bonds is 4. The van der Waals surface area contributed by atoms with Crippen LogP contribution in [-0.2, 0) is 0 Å². The van der Waals surface area contributed by atoms with Crippen LogP contribution in [0.5, 0.6) is 0 Å². The lowest BCUT2D eigenvalue weighted by Gasteiger charge is -2.35. The number of halogens is 2. The van der Waals surface area contributed by atoms with Crippen molar-refractivity contribution in [2.24, 2.45) is 0 Å². The van der Waals surface area contributed by atoms with Crippen LogP contribution in [0, 0.1) is 0 Å². The van der Waals surface area contributed by atoms with Crippen molar-refractivity contribution in [3.63, 3.8) is 0 Å². The van der Waals surface area contributed by atoms with Crippen LogP contribution in [0.2, 0.25) is 0 Å². The van der Waals surface area contributed by atoms with E-state index in [4.69, 9.17) is 0 Å². The molecule has 5 heteroatoms. The minimum absolute atomic E-state index is 0. The molecule has 1 saturated heterocycles. The largest absolute Gasteiger partial charge is 0.361 e. The Morgan fingerprint density at radius 1 is 1.23 bits per heavy atom. The molecule has 3 nitrogen and oxygen atoms in total. The van der Waals surface area contributed by atoms with Crippen molar-refractivity contribution in [1.29, 1.82) is 0 Å². The number of hydrogen-bond donors (Lipinski definition) is 2. The molecule has 3 rings (SSSR count). The second-order valence-electron chi connectivity index (χ2n) is 5.75. The molecule has 2 aromatic rings. The number of hydrogen-bond acceptors (Lipinski definition) is 2. The van der Waals surface area contributed by atoms with E-state index in [-0.39, 0.29) is 24.8 Å². The molecule has 1 aromatic heterocycles. The summed E-state index contributed by atoms with van der Waals surface area (Å²) in [5.41, 5.74) is 3.88. The third kappa shape index (κ3) is 4.05. The van der Waals surface area contributed by atoms with Crippen LogP contribution in [0.1, 0.15) is 24.9 Å². The molecule has 1 aromatic carbocycles. The highest BCUT2D eigenvalue weighted by atomic mass is 35.5. The second-order valence-corrected chi connectivity index (χ2v) is 5.75. The van der Waals surface area contributed by atoms with E-state index in [2.05, 4.69) is 59.2 Å². The van der Waals surface area contributed by atoms with Crippen LogP contribution < -0.4 is 5.32 Å². The Kier molecular flexibility index (Phi) is 7.43. The van der Waals surface area contributed by atoms with E-state index < -0.39 is 0 Å². The number of nitrogens with zero attached hydrogens (tertiary/aromatic N) is 1. The van der Waals surface area contributed by atoms with Crippen molar-refractivity contribution in [3.8, 4) is 0 Å². The van der Waals surface area contributed by atoms with Gasteiger partial charge >= 0.3 is 0 Å². The molecule has 1 fully saturated rings. The number of aromatic amines is 1. The Labute approximate surface area is 145 Å². The van der Waals surface area contributed by atoms with E-state index in [1.165, 1.54) is 22.0 Å². The summed E-state index contributed by atoms with van der Waals surface area (Å²) in [6.45, 7) is 10.6. The highest BCUT2D eigenvalue weighted by Crippen LogP contribution is 2.32. The van der Waals surface area contributed by atoms with Crippen LogP contribution in [-0.4, -0.2) is 36.1 Å². The topological polar surface area (TPSA) is 31.1 Å². The molecule has 0 saturated carbocycles. The van der Waals surface area contributed by atoms with Crippen LogP contribution >= 0.6 is 24.8 Å². The Hall–Kier alpha value is -1.000. The van der Waals surface area contributed by atoms with Crippen LogP contribution in [0.25, 0.3) is 10.9 Å². The molecule has 2 heterocycles. The zero-order valence-corrected chi connectivity index (χ0v) is 14.6. The van der Waals surface area contributed by atoms with Gasteiger partial charge in [-0.3, -0.25) is 4.90 Å². The molecule has 1 aliphatic heterocycles. The van der Waals surface area contributed by atoms with Gasteiger partial charge in [-0.1, -0.05) is 23.8 Å². The van der Waals surface area contributed by atoms with E-state index in [1.54, 1.807) is 0 Å². The normalized spacial score (nSPS) is 16.6. The van der Waals surface area contributed by atoms with Gasteiger partial charge in [-0.25, -0.2) is 0 Å². The summed E-state index contributed by atoms with van der Waals surface area (Å²) in [5.74, 6) is 0. The van der Waals surface area contributed by atoms with Crippen molar-refractivity contribution in [3.05, 3.63) is 48.2 Å². The van der Waals surface area contributed by atoms with E-state index in [0.717, 1.165) is 32.6 Å². The molecular weight excluding hydrogens is 317 g/mol. The minimum atomic E-state index is 0. The molecule has 2 N–H and O–H groups in total. The molecule has 0 amide bonds. The summed E-state index contributed by atoms with van der Waals surface area (Å²) < 4.78 is 0. The first-order chi connectivity index (χ1) is 9.75. The zero-order chi connectivity index (χ0) is 13.9. The van der Waals surface area contributed by atoms with Gasteiger partial charge in [0.05, 0.1) is 0 Å². The van der Waals surface area contributed by atoms with Crippen molar-refractivity contribution in [2.75, 3.05) is 26.2 Å². The average Bonchev–Trinajstić information content (AvgIpc) is 2.89. The van der Waals surface area contributed by atoms with E-state index in [1.807, 2.05) is 0 Å². The van der Waals surface area contributed by atoms with Gasteiger partial charge in [-0.05, 0) is 25.0 Å². The Morgan fingerprint density at radius 2 is 1.91 bits per heavy atom. The second kappa shape index (κ2) is 8.59. The van der Waals surface area contributed by atoms with Gasteiger partial charge in [0.25, 0.3) is 0 Å². The lowest BCUT2D eigenvalue weighted by molar-refractivity contribution is 0.173. The number of para-hydroxylation sites is 1. The maximum atomic E-state index is 4.13. The molecule has 1 atom stereocenters. The predicted molar refractivity (Wildman–Crippen MR) is 99.4 cm³/mol. The molecular formula is C17H25Cl2N3. The van der Waals surface area contributed by atoms with Crippen molar-refractivity contribution in [1.82, 2.24) is 15.2 Å². The first kappa shape index (κ1) is 19.0. The lowest BCUT2D eigenvalue weighted by atomic mass is 9.97. The molecule has 0 spiro atoms. The average molecular weight is 342 g/mol. The smallest absolute Gasteiger partial charge is 0.0457 e. The van der Waals surface area contributed by atoms with Gasteiger partial charge in [0, 0.05) is 49.3 Å². The molecule has 0 unspecified atom stereocenters. The summed E-state index contributed by atoms with van der Waals surface area (Å²) in [7, 11) is 0. The summed E-state index contributed by atoms with van der Waals surface area (Å²) in [6.07, 6.45) is 3.21. The first-order valence-corrected chi connectivity index (χ1v) is 7.41. The molecule has 1 aliphatic rings. The monoisotopic (exact) mass is 341 g/mol. The van der Waals surface area contributed by atoms with Crippen LogP contribution in [0.3, 0.4) is 0 Å². The molecule has 122 valence electrons. The highest BCUT2D eigenvalue weighted by molar-refractivity contribution is 5.85. The molecule has 0 aliphatic carbocycles. The van der Waals surface area contributed by atoms with Gasteiger partial charge in [-0.15, -0.1) is 31.4 Å². The third-order valence-corrected chi connectivity index (χ3v) is 4.11. The molecule has 0 bridgehead atoms. The Morgan fingerprint density at radius 3 is 2.59 bits per heavy atom. The minimum Gasteiger partial charge on any atom is -0.361 e. The molecule has 0 radical (unpaired) electrons. The number of H-pyrrole nitrogens is 1.